The van der Waals surface area contributed by atoms with E-state index in [-0.39, 0.29) is 23.1 Å². The third-order valence-electron chi connectivity index (χ3n) is 2.42. The Morgan fingerprint density at radius 3 is 2.62 bits per heavy atom. The number of hydrogen-bond donors (Lipinski definition) is 2. The van der Waals surface area contributed by atoms with Gasteiger partial charge in [-0.2, -0.15) is 0 Å². The van der Waals surface area contributed by atoms with E-state index in [0.29, 0.717) is 0 Å². The van der Waals surface area contributed by atoms with Gasteiger partial charge >= 0.3 is 5.97 Å². The molecule has 1 aliphatic rings. The van der Waals surface area contributed by atoms with Crippen LogP contribution < -0.4 is 5.32 Å². The third kappa shape index (κ3) is 2.18. The molecule has 0 radical (unpaired) electrons. The van der Waals surface area contributed by atoms with Crippen molar-refractivity contribution >= 4 is 17.6 Å². The smallest absolute Gasteiger partial charge is 0.337 e. The first-order valence-corrected chi connectivity index (χ1v) is 4.91. The minimum Gasteiger partial charge on any atom is -0.478 e. The molecule has 16 heavy (non-hydrogen) atoms. The van der Waals surface area contributed by atoms with Crippen LogP contribution in [0.4, 0.5) is 10.1 Å². The van der Waals surface area contributed by atoms with E-state index in [1.165, 1.54) is 0 Å². The van der Waals surface area contributed by atoms with E-state index in [2.05, 4.69) is 5.32 Å². The van der Waals surface area contributed by atoms with Crippen molar-refractivity contribution in [3.63, 3.8) is 0 Å². The summed E-state index contributed by atoms with van der Waals surface area (Å²) >= 11 is 0. The number of amides is 1. The Hall–Kier alpha value is -1.91. The zero-order chi connectivity index (χ0) is 11.7. The molecule has 84 valence electrons. The van der Waals surface area contributed by atoms with Crippen molar-refractivity contribution in [1.29, 1.82) is 0 Å². The fourth-order valence-electron chi connectivity index (χ4n) is 1.39. The lowest BCUT2D eigenvalue weighted by molar-refractivity contribution is -0.117. The van der Waals surface area contributed by atoms with Crippen molar-refractivity contribution in [2.45, 2.75) is 12.8 Å². The van der Waals surface area contributed by atoms with Gasteiger partial charge in [0, 0.05) is 5.92 Å². The molecule has 1 aliphatic carbocycles. The number of carboxylic acids is 1. The second-order valence-corrected chi connectivity index (χ2v) is 3.76. The topological polar surface area (TPSA) is 66.4 Å². The minimum atomic E-state index is -1.19. The fraction of sp³-hybridized carbons (Fsp3) is 0.273. The summed E-state index contributed by atoms with van der Waals surface area (Å²) in [5.41, 5.74) is -0.0835. The lowest BCUT2D eigenvalue weighted by Gasteiger charge is -2.07. The number of halogens is 1. The Bertz CT molecular complexity index is 455. The Morgan fingerprint density at radius 1 is 1.38 bits per heavy atom. The van der Waals surface area contributed by atoms with E-state index in [1.807, 2.05) is 0 Å². The van der Waals surface area contributed by atoms with Crippen LogP contribution in [0, 0.1) is 11.7 Å². The number of nitrogens with one attached hydrogen (secondary N) is 1. The van der Waals surface area contributed by atoms with Crippen molar-refractivity contribution in [2.75, 3.05) is 5.32 Å². The minimum absolute atomic E-state index is 0.0180. The molecule has 1 aromatic rings. The molecule has 5 heteroatoms. The zero-order valence-electron chi connectivity index (χ0n) is 8.37. The summed E-state index contributed by atoms with van der Waals surface area (Å²) in [4.78, 5) is 22.3. The first-order chi connectivity index (χ1) is 7.58. The highest BCUT2D eigenvalue weighted by Gasteiger charge is 2.30. The molecule has 2 rings (SSSR count). The summed E-state index contributed by atoms with van der Waals surface area (Å²) < 4.78 is 12.9. The molecule has 0 aliphatic heterocycles. The molecule has 0 bridgehead atoms. The first-order valence-electron chi connectivity index (χ1n) is 4.91. The van der Waals surface area contributed by atoms with Gasteiger partial charge in [-0.3, -0.25) is 4.79 Å². The zero-order valence-corrected chi connectivity index (χ0v) is 8.37. The number of rotatable bonds is 3. The Morgan fingerprint density at radius 2 is 2.06 bits per heavy atom. The highest BCUT2D eigenvalue weighted by atomic mass is 19.1. The summed E-state index contributed by atoms with van der Waals surface area (Å²) in [5.74, 6) is -2.06. The molecule has 0 saturated heterocycles. The molecule has 1 fully saturated rings. The van der Waals surface area contributed by atoms with E-state index in [4.69, 9.17) is 5.11 Å². The van der Waals surface area contributed by atoms with Crippen LogP contribution in [0.25, 0.3) is 0 Å². The molecule has 0 aromatic heterocycles. The summed E-state index contributed by atoms with van der Waals surface area (Å²) in [6.45, 7) is 0. The van der Waals surface area contributed by atoms with Crippen molar-refractivity contribution in [2.24, 2.45) is 5.92 Å². The van der Waals surface area contributed by atoms with Crippen LogP contribution >= 0.6 is 0 Å². The van der Waals surface area contributed by atoms with Gasteiger partial charge in [-0.05, 0) is 31.0 Å². The van der Waals surface area contributed by atoms with Crippen LogP contribution in [0.2, 0.25) is 0 Å². The second-order valence-electron chi connectivity index (χ2n) is 3.76. The molecular formula is C11H10FNO3. The Labute approximate surface area is 91.1 Å². The van der Waals surface area contributed by atoms with Crippen LogP contribution in [-0.2, 0) is 4.79 Å². The molecule has 1 amide bonds. The fourth-order valence-corrected chi connectivity index (χ4v) is 1.39. The summed E-state index contributed by atoms with van der Waals surface area (Å²) in [5, 5.41) is 11.3. The summed E-state index contributed by atoms with van der Waals surface area (Å²) in [6.07, 6.45) is 1.62. The van der Waals surface area contributed by atoms with Gasteiger partial charge in [-0.25, -0.2) is 9.18 Å². The van der Waals surface area contributed by atoms with Gasteiger partial charge in [-0.15, -0.1) is 0 Å². The van der Waals surface area contributed by atoms with Gasteiger partial charge in [0.1, 0.15) is 5.82 Å². The molecule has 0 heterocycles. The number of carbonyl (C=O) groups excluding carboxylic acids is 1. The average molecular weight is 223 g/mol. The van der Waals surface area contributed by atoms with Crippen LogP contribution in [-0.4, -0.2) is 17.0 Å². The van der Waals surface area contributed by atoms with Crippen LogP contribution in [0.3, 0.4) is 0 Å². The van der Waals surface area contributed by atoms with Crippen LogP contribution in [0.15, 0.2) is 18.2 Å². The number of benzene rings is 1. The van der Waals surface area contributed by atoms with Gasteiger partial charge in [0.05, 0.1) is 11.3 Å². The second kappa shape index (κ2) is 3.92. The average Bonchev–Trinajstić information content (AvgIpc) is 2.99. The van der Waals surface area contributed by atoms with E-state index >= 15 is 0 Å². The Balaban J connectivity index is 2.26. The highest BCUT2D eigenvalue weighted by Crippen LogP contribution is 2.30. The van der Waals surface area contributed by atoms with Gasteiger partial charge < -0.3 is 10.4 Å². The largest absolute Gasteiger partial charge is 0.478 e. The van der Waals surface area contributed by atoms with Gasteiger partial charge in [0.25, 0.3) is 0 Å². The monoisotopic (exact) mass is 223 g/mol. The number of carbonyl (C=O) groups is 2. The number of anilines is 1. The van der Waals surface area contributed by atoms with Gasteiger partial charge in [0.15, 0.2) is 0 Å². The molecule has 1 saturated carbocycles. The SMILES string of the molecule is O=C(O)c1ccc(F)cc1NC(=O)C1CC1. The first kappa shape index (κ1) is 10.6. The summed E-state index contributed by atoms with van der Waals surface area (Å²) in [6, 6.07) is 3.21. The number of hydrogen-bond acceptors (Lipinski definition) is 2. The standard InChI is InChI=1S/C11H10FNO3/c12-7-3-4-8(11(15)16)9(5-7)13-10(14)6-1-2-6/h3-6H,1-2H2,(H,13,14)(H,15,16). The predicted molar refractivity (Wildman–Crippen MR) is 54.7 cm³/mol. The van der Waals surface area contributed by atoms with E-state index < -0.39 is 11.8 Å². The molecule has 0 spiro atoms. The predicted octanol–water partition coefficient (Wildman–Crippen LogP) is 1.87. The summed E-state index contributed by atoms with van der Waals surface area (Å²) in [7, 11) is 0. The quantitative estimate of drug-likeness (QED) is 0.822. The molecular weight excluding hydrogens is 213 g/mol. The van der Waals surface area contributed by atoms with Crippen LogP contribution in [0.5, 0.6) is 0 Å². The molecule has 2 N–H and O–H groups in total. The van der Waals surface area contributed by atoms with Crippen molar-refractivity contribution in [3.05, 3.63) is 29.6 Å². The van der Waals surface area contributed by atoms with Gasteiger partial charge in [-0.1, -0.05) is 0 Å². The Kier molecular flexibility index (Phi) is 2.60. The maximum absolute atomic E-state index is 12.9. The number of carboxylic acid groups (broad SMARTS) is 1. The molecule has 4 nitrogen and oxygen atoms in total. The maximum atomic E-state index is 12.9. The van der Waals surface area contributed by atoms with E-state index in [9.17, 15) is 14.0 Å². The molecule has 1 aromatic carbocycles. The van der Waals surface area contributed by atoms with Crippen molar-refractivity contribution in [3.8, 4) is 0 Å². The van der Waals surface area contributed by atoms with E-state index in [1.54, 1.807) is 0 Å². The lowest BCUT2D eigenvalue weighted by Crippen LogP contribution is -2.16. The molecule has 0 unspecified atom stereocenters. The third-order valence-corrected chi connectivity index (χ3v) is 2.42. The van der Waals surface area contributed by atoms with E-state index in [0.717, 1.165) is 31.0 Å². The van der Waals surface area contributed by atoms with Crippen molar-refractivity contribution in [1.82, 2.24) is 0 Å². The lowest BCUT2D eigenvalue weighted by atomic mass is 10.1. The maximum Gasteiger partial charge on any atom is 0.337 e. The molecule has 0 atom stereocenters. The number of aromatic carboxylic acids is 1. The highest BCUT2D eigenvalue weighted by molar-refractivity contribution is 6.01. The van der Waals surface area contributed by atoms with Crippen molar-refractivity contribution < 1.29 is 19.1 Å². The van der Waals surface area contributed by atoms with Gasteiger partial charge in [0.2, 0.25) is 5.91 Å². The van der Waals surface area contributed by atoms with Crippen LogP contribution in [0.1, 0.15) is 23.2 Å². The normalized spacial score (nSPS) is 14.6.